The van der Waals surface area contributed by atoms with Crippen LogP contribution in [-0.2, 0) is 0 Å². The van der Waals surface area contributed by atoms with Crippen LogP contribution >= 0.6 is 0 Å². The molecule has 3 nitrogen and oxygen atoms in total. The van der Waals surface area contributed by atoms with E-state index in [1.165, 1.54) is 0 Å². The number of hydrogen-bond donors (Lipinski definition) is 1. The number of nitrogens with zero attached hydrogens (tertiary/aromatic N) is 1. The van der Waals surface area contributed by atoms with Crippen molar-refractivity contribution in [3.05, 3.63) is 18.2 Å². The Morgan fingerprint density at radius 3 is 3.17 bits per heavy atom. The van der Waals surface area contributed by atoms with Gasteiger partial charge in [0.15, 0.2) is 0 Å². The molecule has 1 aliphatic rings. The van der Waals surface area contributed by atoms with Crippen LogP contribution in [0.2, 0.25) is 0 Å². The van der Waals surface area contributed by atoms with Crippen LogP contribution < -0.4 is 15.4 Å². The van der Waals surface area contributed by atoms with Gasteiger partial charge < -0.3 is 15.4 Å². The van der Waals surface area contributed by atoms with Crippen molar-refractivity contribution in [3.63, 3.8) is 0 Å². The maximum atomic E-state index is 5.66. The number of rotatable bonds is 0. The first-order chi connectivity index (χ1) is 5.77. The van der Waals surface area contributed by atoms with Gasteiger partial charge in [-0.05, 0) is 18.2 Å². The van der Waals surface area contributed by atoms with Gasteiger partial charge in [0.25, 0.3) is 0 Å². The third-order valence-corrected chi connectivity index (χ3v) is 2.08. The molecule has 1 aromatic rings. The fourth-order valence-corrected chi connectivity index (χ4v) is 1.37. The summed E-state index contributed by atoms with van der Waals surface area (Å²) in [5.41, 5.74) is 7.53. The van der Waals surface area contributed by atoms with Gasteiger partial charge >= 0.3 is 0 Å². The zero-order valence-corrected chi connectivity index (χ0v) is 7.08. The van der Waals surface area contributed by atoms with Crippen LogP contribution in [0.15, 0.2) is 18.2 Å². The van der Waals surface area contributed by atoms with E-state index in [4.69, 9.17) is 10.5 Å². The zero-order chi connectivity index (χ0) is 8.55. The van der Waals surface area contributed by atoms with E-state index in [2.05, 4.69) is 4.90 Å². The molecule has 0 spiro atoms. The molecule has 3 heteroatoms. The molecule has 0 bridgehead atoms. The first-order valence-corrected chi connectivity index (χ1v) is 4.01. The molecule has 0 unspecified atom stereocenters. The fraction of sp³-hybridized carbons (Fsp3) is 0.333. The molecule has 0 saturated heterocycles. The minimum absolute atomic E-state index is 0.757. The second kappa shape index (κ2) is 2.59. The maximum absolute atomic E-state index is 5.66. The summed E-state index contributed by atoms with van der Waals surface area (Å²) in [5.74, 6) is 0.929. The lowest BCUT2D eigenvalue weighted by Crippen LogP contribution is -2.28. The van der Waals surface area contributed by atoms with E-state index < -0.39 is 0 Å². The molecule has 0 atom stereocenters. The molecule has 1 aromatic carbocycles. The Kier molecular flexibility index (Phi) is 1.57. The Labute approximate surface area is 71.7 Å². The Morgan fingerprint density at radius 2 is 2.33 bits per heavy atom. The fourth-order valence-electron chi connectivity index (χ4n) is 1.37. The van der Waals surface area contributed by atoms with Gasteiger partial charge in [-0.2, -0.15) is 0 Å². The third-order valence-electron chi connectivity index (χ3n) is 2.08. The van der Waals surface area contributed by atoms with Gasteiger partial charge in [-0.1, -0.05) is 0 Å². The smallest absolute Gasteiger partial charge is 0.142 e. The van der Waals surface area contributed by atoms with Crippen LogP contribution in [0.3, 0.4) is 0 Å². The van der Waals surface area contributed by atoms with Gasteiger partial charge in [-0.3, -0.25) is 0 Å². The summed E-state index contributed by atoms with van der Waals surface area (Å²) in [6.45, 7) is 1.68. The number of nitrogen functional groups attached to an aromatic ring is 1. The van der Waals surface area contributed by atoms with Gasteiger partial charge in [0.1, 0.15) is 12.4 Å². The van der Waals surface area contributed by atoms with Crippen LogP contribution in [0.5, 0.6) is 5.75 Å². The summed E-state index contributed by atoms with van der Waals surface area (Å²) in [6.07, 6.45) is 0. The lowest BCUT2D eigenvalue weighted by Gasteiger charge is -2.27. The summed E-state index contributed by atoms with van der Waals surface area (Å²) in [5, 5.41) is 0. The molecule has 2 rings (SSSR count). The molecule has 0 amide bonds. The summed E-state index contributed by atoms with van der Waals surface area (Å²) in [7, 11) is 2.04. The van der Waals surface area contributed by atoms with Crippen LogP contribution in [-0.4, -0.2) is 20.2 Å². The Balaban J connectivity index is 2.47. The molecule has 1 heterocycles. The second-order valence-corrected chi connectivity index (χ2v) is 3.00. The maximum Gasteiger partial charge on any atom is 0.142 e. The van der Waals surface area contributed by atoms with Gasteiger partial charge in [0.2, 0.25) is 0 Å². The SMILES string of the molecule is CN1CCOc2ccc(N)cc21. The van der Waals surface area contributed by atoms with E-state index in [-0.39, 0.29) is 0 Å². The topological polar surface area (TPSA) is 38.5 Å². The van der Waals surface area contributed by atoms with Crippen molar-refractivity contribution in [2.24, 2.45) is 0 Å². The van der Waals surface area contributed by atoms with Gasteiger partial charge in [-0.15, -0.1) is 0 Å². The van der Waals surface area contributed by atoms with E-state index in [0.717, 1.165) is 30.3 Å². The molecule has 1 aliphatic heterocycles. The number of benzene rings is 1. The summed E-state index contributed by atoms with van der Waals surface area (Å²) >= 11 is 0. The van der Waals surface area contributed by atoms with Gasteiger partial charge in [0, 0.05) is 12.7 Å². The average molecular weight is 164 g/mol. The molecule has 0 radical (unpaired) electrons. The number of anilines is 2. The third kappa shape index (κ3) is 1.07. The van der Waals surface area contributed by atoms with Gasteiger partial charge in [-0.25, -0.2) is 0 Å². The number of hydrogen-bond acceptors (Lipinski definition) is 3. The summed E-state index contributed by atoms with van der Waals surface area (Å²) < 4.78 is 5.45. The minimum Gasteiger partial charge on any atom is -0.490 e. The Bertz CT molecular complexity index is 299. The Hall–Kier alpha value is -1.38. The minimum atomic E-state index is 0.757. The number of fused-ring (bicyclic) bond motifs is 1. The molecule has 0 aromatic heterocycles. The van der Waals surface area contributed by atoms with Gasteiger partial charge in [0.05, 0.1) is 12.2 Å². The van der Waals surface area contributed by atoms with Crippen molar-refractivity contribution >= 4 is 11.4 Å². The van der Waals surface area contributed by atoms with Crippen LogP contribution in [0.1, 0.15) is 0 Å². The van der Waals surface area contributed by atoms with Crippen LogP contribution in [0, 0.1) is 0 Å². The van der Waals surface area contributed by atoms with E-state index in [1.54, 1.807) is 0 Å². The van der Waals surface area contributed by atoms with Crippen molar-refractivity contribution in [1.29, 1.82) is 0 Å². The van der Waals surface area contributed by atoms with Crippen LogP contribution in [0.4, 0.5) is 11.4 Å². The highest BCUT2D eigenvalue weighted by molar-refractivity contribution is 5.65. The lowest BCUT2D eigenvalue weighted by atomic mass is 10.2. The lowest BCUT2D eigenvalue weighted by molar-refractivity contribution is 0.311. The zero-order valence-electron chi connectivity index (χ0n) is 7.08. The standard InChI is InChI=1S/C9H12N2O/c1-11-4-5-12-9-3-2-7(10)6-8(9)11/h2-3,6H,4-5,10H2,1H3. The summed E-state index contributed by atoms with van der Waals surface area (Å²) in [6, 6.07) is 5.72. The van der Waals surface area contributed by atoms with E-state index >= 15 is 0 Å². The van der Waals surface area contributed by atoms with Crippen molar-refractivity contribution in [2.45, 2.75) is 0 Å². The first kappa shape index (κ1) is 7.28. The molecule has 0 fully saturated rings. The van der Waals surface area contributed by atoms with Crippen molar-refractivity contribution < 1.29 is 4.74 Å². The summed E-state index contributed by atoms with van der Waals surface area (Å²) in [4.78, 5) is 2.15. The first-order valence-electron chi connectivity index (χ1n) is 4.01. The predicted octanol–water partition coefficient (Wildman–Crippen LogP) is 1.10. The van der Waals surface area contributed by atoms with Crippen molar-refractivity contribution in [1.82, 2.24) is 0 Å². The number of ether oxygens (including phenoxy) is 1. The van der Waals surface area contributed by atoms with E-state index in [1.807, 2.05) is 25.2 Å². The number of nitrogens with two attached hydrogens (primary N) is 1. The highest BCUT2D eigenvalue weighted by Gasteiger charge is 2.13. The monoisotopic (exact) mass is 164 g/mol. The average Bonchev–Trinajstić information content (AvgIpc) is 2.07. The second-order valence-electron chi connectivity index (χ2n) is 3.00. The van der Waals surface area contributed by atoms with Crippen molar-refractivity contribution in [2.75, 3.05) is 30.8 Å². The largest absolute Gasteiger partial charge is 0.490 e. The molecule has 64 valence electrons. The van der Waals surface area contributed by atoms with Crippen LogP contribution in [0.25, 0.3) is 0 Å². The van der Waals surface area contributed by atoms with E-state index in [9.17, 15) is 0 Å². The predicted molar refractivity (Wildman–Crippen MR) is 49.6 cm³/mol. The normalized spacial score (nSPS) is 15.2. The molecule has 2 N–H and O–H groups in total. The number of likely N-dealkylation sites (N-methyl/N-ethyl adjacent to an activating group) is 1. The highest BCUT2D eigenvalue weighted by atomic mass is 16.5. The Morgan fingerprint density at radius 1 is 1.50 bits per heavy atom. The molecular formula is C9H12N2O. The molecule has 0 aliphatic carbocycles. The highest BCUT2D eigenvalue weighted by Crippen LogP contribution is 2.31. The molecule has 12 heavy (non-hydrogen) atoms. The van der Waals surface area contributed by atoms with E-state index in [0.29, 0.717) is 0 Å². The molecule has 0 saturated carbocycles. The molecular weight excluding hydrogens is 152 g/mol. The van der Waals surface area contributed by atoms with Crippen molar-refractivity contribution in [3.8, 4) is 5.75 Å². The quantitative estimate of drug-likeness (QED) is 0.583.